The summed E-state index contributed by atoms with van der Waals surface area (Å²) in [5.74, 6) is 2.42. The van der Waals surface area contributed by atoms with Gasteiger partial charge in [-0.15, -0.1) is 6.58 Å². The fourth-order valence-corrected chi connectivity index (χ4v) is 4.31. The molecule has 1 aromatic carbocycles. The number of ether oxygens (including phenoxy) is 3. The van der Waals surface area contributed by atoms with Gasteiger partial charge in [-0.25, -0.2) is 0 Å². The van der Waals surface area contributed by atoms with E-state index in [-0.39, 0.29) is 0 Å². The highest BCUT2D eigenvalue weighted by molar-refractivity contribution is 6.32. The lowest BCUT2D eigenvalue weighted by Gasteiger charge is -2.36. The van der Waals surface area contributed by atoms with Gasteiger partial charge < -0.3 is 19.1 Å². The number of piperazine rings is 1. The second-order valence-electron chi connectivity index (χ2n) is 8.14. The topological polar surface area (TPSA) is 34.2 Å². The zero-order valence-corrected chi connectivity index (χ0v) is 19.2. The standard InChI is InChI=1S/C26H31ClN2O3/c1-2-7-22-10-6-11-24(27)26(22)30-17-16-28-12-14-29(15-13-28)25-20-31-23(19-32-25)18-21-8-4-3-5-9-21/h2-4,6,8,10-11,19-20H,1,5,7,9,12-18H2. The summed E-state index contributed by atoms with van der Waals surface area (Å²) in [4.78, 5) is 4.62. The highest BCUT2D eigenvalue weighted by Gasteiger charge is 2.22. The first kappa shape index (κ1) is 22.6. The molecule has 0 saturated carbocycles. The molecular weight excluding hydrogens is 424 g/mol. The fourth-order valence-electron chi connectivity index (χ4n) is 4.06. The Morgan fingerprint density at radius 1 is 1.12 bits per heavy atom. The minimum absolute atomic E-state index is 0.604. The third kappa shape index (κ3) is 5.99. The molecule has 1 aliphatic carbocycles. The van der Waals surface area contributed by atoms with E-state index in [1.807, 2.05) is 24.3 Å². The first-order valence-electron chi connectivity index (χ1n) is 11.3. The predicted octanol–water partition coefficient (Wildman–Crippen LogP) is 5.42. The Bertz CT molecular complexity index is 927. The molecule has 6 heteroatoms. The van der Waals surface area contributed by atoms with E-state index in [1.54, 1.807) is 12.5 Å². The quantitative estimate of drug-likeness (QED) is 0.465. The maximum absolute atomic E-state index is 6.33. The van der Waals surface area contributed by atoms with Crippen molar-refractivity contribution in [2.45, 2.75) is 25.7 Å². The Morgan fingerprint density at radius 2 is 2.00 bits per heavy atom. The summed E-state index contributed by atoms with van der Waals surface area (Å²) in [6, 6.07) is 5.84. The van der Waals surface area contributed by atoms with E-state index in [9.17, 15) is 0 Å². The van der Waals surface area contributed by atoms with Gasteiger partial charge in [0.05, 0.1) is 5.02 Å². The lowest BCUT2D eigenvalue weighted by molar-refractivity contribution is 0.0769. The third-order valence-corrected chi connectivity index (χ3v) is 6.17. The van der Waals surface area contributed by atoms with Crippen molar-refractivity contribution >= 4 is 11.6 Å². The van der Waals surface area contributed by atoms with Crippen molar-refractivity contribution in [3.8, 4) is 5.75 Å². The number of benzene rings is 1. The second-order valence-corrected chi connectivity index (χ2v) is 8.55. The molecule has 1 aromatic rings. The molecule has 32 heavy (non-hydrogen) atoms. The SMILES string of the molecule is C=CCc1cccc(Cl)c1OCCN1CCN(C2=COC(CC3=CC=CCC3)=CO2)CC1. The predicted molar refractivity (Wildman–Crippen MR) is 128 cm³/mol. The molecule has 2 aliphatic heterocycles. The molecule has 0 aromatic heterocycles. The number of halogens is 1. The van der Waals surface area contributed by atoms with Crippen molar-refractivity contribution < 1.29 is 14.2 Å². The van der Waals surface area contributed by atoms with Crippen molar-refractivity contribution in [2.75, 3.05) is 39.3 Å². The van der Waals surface area contributed by atoms with Gasteiger partial charge in [0.2, 0.25) is 5.88 Å². The van der Waals surface area contributed by atoms with Gasteiger partial charge >= 0.3 is 0 Å². The molecule has 0 unspecified atom stereocenters. The third-order valence-electron chi connectivity index (χ3n) is 5.87. The first-order chi connectivity index (χ1) is 15.7. The first-order valence-corrected chi connectivity index (χ1v) is 11.7. The lowest BCUT2D eigenvalue weighted by atomic mass is 10.0. The molecular formula is C26H31ClN2O3. The molecule has 2 heterocycles. The molecule has 5 nitrogen and oxygen atoms in total. The highest BCUT2D eigenvalue weighted by Crippen LogP contribution is 2.29. The molecule has 170 valence electrons. The smallest absolute Gasteiger partial charge is 0.231 e. The van der Waals surface area contributed by atoms with Crippen LogP contribution in [0.25, 0.3) is 0 Å². The monoisotopic (exact) mass is 454 g/mol. The van der Waals surface area contributed by atoms with Crippen molar-refractivity contribution in [3.05, 3.63) is 89.4 Å². The number of para-hydroxylation sites is 1. The fraction of sp³-hybridized carbons (Fsp3) is 0.385. The van der Waals surface area contributed by atoms with Crippen molar-refractivity contribution in [1.29, 1.82) is 0 Å². The van der Waals surface area contributed by atoms with Crippen LogP contribution in [0.5, 0.6) is 5.75 Å². The molecule has 0 amide bonds. The van der Waals surface area contributed by atoms with Gasteiger partial charge in [-0.3, -0.25) is 4.90 Å². The molecule has 1 saturated heterocycles. The van der Waals surface area contributed by atoms with Crippen molar-refractivity contribution in [3.63, 3.8) is 0 Å². The molecule has 3 aliphatic rings. The van der Waals surface area contributed by atoms with Gasteiger partial charge in [0, 0.05) is 39.1 Å². The summed E-state index contributed by atoms with van der Waals surface area (Å²) in [7, 11) is 0. The number of nitrogens with zero attached hydrogens (tertiary/aromatic N) is 2. The van der Waals surface area contributed by atoms with Crippen LogP contribution in [0.4, 0.5) is 0 Å². The van der Waals surface area contributed by atoms with E-state index >= 15 is 0 Å². The van der Waals surface area contributed by atoms with Crippen LogP contribution in [0.2, 0.25) is 5.02 Å². The minimum Gasteiger partial charge on any atom is -0.490 e. The van der Waals surface area contributed by atoms with E-state index in [4.69, 9.17) is 25.8 Å². The number of allylic oxidation sites excluding steroid dienone is 5. The van der Waals surface area contributed by atoms with Crippen molar-refractivity contribution in [2.24, 2.45) is 0 Å². The molecule has 0 N–H and O–H groups in total. The average molecular weight is 455 g/mol. The maximum Gasteiger partial charge on any atom is 0.231 e. The number of hydrogen-bond donors (Lipinski definition) is 0. The maximum atomic E-state index is 6.33. The van der Waals surface area contributed by atoms with E-state index in [1.165, 1.54) is 5.57 Å². The number of rotatable bonds is 9. The minimum atomic E-state index is 0.604. The van der Waals surface area contributed by atoms with Gasteiger partial charge in [0.15, 0.2) is 6.26 Å². The van der Waals surface area contributed by atoms with Crippen LogP contribution in [-0.4, -0.2) is 49.1 Å². The Morgan fingerprint density at radius 3 is 2.72 bits per heavy atom. The largest absolute Gasteiger partial charge is 0.490 e. The normalized spacial score (nSPS) is 18.8. The molecule has 0 atom stereocenters. The van der Waals surface area contributed by atoms with Crippen LogP contribution in [-0.2, 0) is 15.9 Å². The van der Waals surface area contributed by atoms with E-state index < -0.39 is 0 Å². The Hall–Kier alpha value is -2.63. The van der Waals surface area contributed by atoms with Crippen LogP contribution in [0.3, 0.4) is 0 Å². The zero-order chi connectivity index (χ0) is 22.2. The Labute approximate surface area is 195 Å². The second kappa shape index (κ2) is 11.3. The molecule has 0 spiro atoms. The molecule has 0 radical (unpaired) electrons. The van der Waals surface area contributed by atoms with Gasteiger partial charge in [0.25, 0.3) is 0 Å². The van der Waals surface area contributed by atoms with Crippen LogP contribution in [0, 0.1) is 0 Å². The van der Waals surface area contributed by atoms with Gasteiger partial charge in [-0.2, -0.15) is 0 Å². The van der Waals surface area contributed by atoms with E-state index in [2.05, 4.69) is 34.6 Å². The van der Waals surface area contributed by atoms with Crippen molar-refractivity contribution in [1.82, 2.24) is 9.80 Å². The Kier molecular flexibility index (Phi) is 7.97. The number of hydrogen-bond acceptors (Lipinski definition) is 5. The average Bonchev–Trinajstić information content (AvgIpc) is 2.83. The highest BCUT2D eigenvalue weighted by atomic mass is 35.5. The molecule has 1 fully saturated rings. The zero-order valence-electron chi connectivity index (χ0n) is 18.5. The van der Waals surface area contributed by atoms with Crippen LogP contribution in [0.15, 0.2) is 78.8 Å². The summed E-state index contributed by atoms with van der Waals surface area (Å²) in [5.41, 5.74) is 2.45. The van der Waals surface area contributed by atoms with Gasteiger partial charge in [-0.1, -0.05) is 53.6 Å². The molecule has 4 rings (SSSR count). The van der Waals surface area contributed by atoms with Crippen LogP contribution < -0.4 is 4.74 Å². The summed E-state index contributed by atoms with van der Waals surface area (Å²) < 4.78 is 17.8. The van der Waals surface area contributed by atoms with Crippen LogP contribution >= 0.6 is 11.6 Å². The van der Waals surface area contributed by atoms with E-state index in [0.29, 0.717) is 11.6 Å². The van der Waals surface area contributed by atoms with Gasteiger partial charge in [0.1, 0.15) is 24.4 Å². The van der Waals surface area contributed by atoms with Gasteiger partial charge in [-0.05, 0) is 30.9 Å². The van der Waals surface area contributed by atoms with E-state index in [0.717, 1.165) is 81.4 Å². The lowest BCUT2D eigenvalue weighted by Crippen LogP contribution is -2.47. The summed E-state index contributed by atoms with van der Waals surface area (Å²) in [6.07, 6.45) is 15.6. The summed E-state index contributed by atoms with van der Waals surface area (Å²) in [5, 5.41) is 0.652. The Balaban J connectivity index is 1.19. The molecule has 0 bridgehead atoms. The summed E-state index contributed by atoms with van der Waals surface area (Å²) >= 11 is 6.33. The van der Waals surface area contributed by atoms with Crippen LogP contribution in [0.1, 0.15) is 24.8 Å². The summed E-state index contributed by atoms with van der Waals surface area (Å²) in [6.45, 7) is 8.95.